The fourth-order valence-electron chi connectivity index (χ4n) is 3.88. The molecular weight excluding hydrogens is 362 g/mol. The van der Waals surface area contributed by atoms with E-state index in [2.05, 4.69) is 0 Å². The summed E-state index contributed by atoms with van der Waals surface area (Å²) in [4.78, 5) is 13.5. The van der Waals surface area contributed by atoms with Crippen molar-refractivity contribution >= 4 is 10.9 Å². The normalized spacial score (nSPS) is 11.2. The molecule has 0 fully saturated rings. The van der Waals surface area contributed by atoms with Crippen LogP contribution in [-0.2, 0) is 7.05 Å². The predicted molar refractivity (Wildman–Crippen MR) is 115 cm³/mol. The molecule has 5 nitrogen and oxygen atoms in total. The summed E-state index contributed by atoms with van der Waals surface area (Å²) in [5.74, 6) is 0.181. The number of rotatable bonds is 3. The first-order valence-electron chi connectivity index (χ1n) is 9.38. The van der Waals surface area contributed by atoms with Crippen LogP contribution in [0.3, 0.4) is 0 Å². The number of fused-ring (bicyclic) bond motifs is 1. The minimum Gasteiger partial charge on any atom is -0.508 e. The third-order valence-electron chi connectivity index (χ3n) is 5.20. The summed E-state index contributed by atoms with van der Waals surface area (Å²) in [7, 11) is 1.89. The van der Waals surface area contributed by atoms with Gasteiger partial charge in [-0.3, -0.25) is 9.48 Å². The Morgan fingerprint density at radius 1 is 0.793 bits per heavy atom. The van der Waals surface area contributed by atoms with Crippen LogP contribution in [0, 0.1) is 0 Å². The van der Waals surface area contributed by atoms with Crippen molar-refractivity contribution in [3.05, 3.63) is 101 Å². The van der Waals surface area contributed by atoms with Crippen molar-refractivity contribution in [3.8, 4) is 28.4 Å². The van der Waals surface area contributed by atoms with E-state index in [1.54, 1.807) is 22.9 Å². The largest absolute Gasteiger partial charge is 0.508 e. The highest BCUT2D eigenvalue weighted by Gasteiger charge is 2.22. The lowest BCUT2D eigenvalue weighted by Crippen LogP contribution is -2.20. The third-order valence-corrected chi connectivity index (χ3v) is 5.20. The maximum atomic E-state index is 13.5. The molecule has 0 spiro atoms. The number of para-hydroxylation sites is 1. The van der Waals surface area contributed by atoms with Crippen LogP contribution in [0.1, 0.15) is 0 Å². The first-order valence-corrected chi connectivity index (χ1v) is 9.38. The highest BCUT2D eigenvalue weighted by molar-refractivity contribution is 5.95. The SMILES string of the molecule is Cn1c2cn(-c3cccc(O)c3)c(-c3ccccc3)c2c(=O)n1-c1ccccc1. The van der Waals surface area contributed by atoms with Crippen molar-refractivity contribution in [2.45, 2.75) is 0 Å². The molecule has 2 heterocycles. The lowest BCUT2D eigenvalue weighted by atomic mass is 10.1. The standard InChI is InChI=1S/C24H19N3O2/c1-25-21-16-26(19-13-8-14-20(28)15-19)23(17-9-4-2-5-10-17)22(21)24(29)27(25)18-11-6-3-7-12-18/h2-16,28H,1H3. The maximum absolute atomic E-state index is 13.5. The molecule has 0 bridgehead atoms. The van der Waals surface area contributed by atoms with E-state index in [0.717, 1.165) is 28.1 Å². The summed E-state index contributed by atoms with van der Waals surface area (Å²) >= 11 is 0. The molecule has 5 heteroatoms. The van der Waals surface area contributed by atoms with Gasteiger partial charge in [-0.15, -0.1) is 0 Å². The molecule has 142 valence electrons. The average molecular weight is 381 g/mol. The molecule has 1 N–H and O–H groups in total. The zero-order chi connectivity index (χ0) is 20.0. The van der Waals surface area contributed by atoms with Gasteiger partial charge in [0.15, 0.2) is 0 Å². The molecule has 3 aromatic carbocycles. The smallest absolute Gasteiger partial charge is 0.281 e. The summed E-state index contributed by atoms with van der Waals surface area (Å²) in [5, 5.41) is 10.6. The van der Waals surface area contributed by atoms with Gasteiger partial charge in [0.2, 0.25) is 0 Å². The molecule has 5 aromatic rings. The molecule has 29 heavy (non-hydrogen) atoms. The fraction of sp³-hybridized carbons (Fsp3) is 0.0417. The Balaban J connectivity index is 1.89. The van der Waals surface area contributed by atoms with E-state index in [-0.39, 0.29) is 11.3 Å². The van der Waals surface area contributed by atoms with E-state index in [9.17, 15) is 9.90 Å². The van der Waals surface area contributed by atoms with Gasteiger partial charge in [0.1, 0.15) is 5.75 Å². The summed E-state index contributed by atoms with van der Waals surface area (Å²) in [6.07, 6.45) is 1.95. The fourth-order valence-corrected chi connectivity index (χ4v) is 3.88. The zero-order valence-electron chi connectivity index (χ0n) is 15.9. The van der Waals surface area contributed by atoms with Crippen LogP contribution < -0.4 is 5.56 Å². The number of phenolic OH excluding ortho intramolecular Hbond substituents is 1. The second-order valence-electron chi connectivity index (χ2n) is 6.97. The Morgan fingerprint density at radius 2 is 1.45 bits per heavy atom. The van der Waals surface area contributed by atoms with Gasteiger partial charge in [0.05, 0.1) is 22.3 Å². The second kappa shape index (κ2) is 6.56. The van der Waals surface area contributed by atoms with Gasteiger partial charge < -0.3 is 9.67 Å². The predicted octanol–water partition coefficient (Wildman–Crippen LogP) is 4.49. The Morgan fingerprint density at radius 3 is 2.14 bits per heavy atom. The minimum absolute atomic E-state index is 0.0774. The Bertz CT molecular complexity index is 1380. The van der Waals surface area contributed by atoms with Crippen LogP contribution in [0.2, 0.25) is 0 Å². The lowest BCUT2D eigenvalue weighted by molar-refractivity contribution is 0.475. The van der Waals surface area contributed by atoms with Crippen LogP contribution in [0.15, 0.2) is 95.9 Å². The Hall–Kier alpha value is -3.99. The molecule has 0 amide bonds. The molecule has 0 aliphatic heterocycles. The van der Waals surface area contributed by atoms with E-state index >= 15 is 0 Å². The quantitative estimate of drug-likeness (QED) is 0.501. The second-order valence-corrected chi connectivity index (χ2v) is 6.97. The lowest BCUT2D eigenvalue weighted by Gasteiger charge is -2.11. The van der Waals surface area contributed by atoms with E-state index in [4.69, 9.17) is 0 Å². The number of aromatic nitrogens is 3. The van der Waals surface area contributed by atoms with E-state index in [1.807, 2.05) is 89.2 Å². The number of phenols is 1. The molecule has 0 unspecified atom stereocenters. The minimum atomic E-state index is -0.0774. The summed E-state index contributed by atoms with van der Waals surface area (Å²) in [6.45, 7) is 0. The average Bonchev–Trinajstić information content (AvgIpc) is 3.26. The summed E-state index contributed by atoms with van der Waals surface area (Å²) in [6, 6.07) is 26.5. The van der Waals surface area contributed by atoms with Crippen molar-refractivity contribution in [3.63, 3.8) is 0 Å². The van der Waals surface area contributed by atoms with Crippen LogP contribution in [0.25, 0.3) is 33.5 Å². The van der Waals surface area contributed by atoms with Crippen LogP contribution in [0.4, 0.5) is 0 Å². The van der Waals surface area contributed by atoms with Crippen molar-refractivity contribution in [2.24, 2.45) is 7.05 Å². The zero-order valence-corrected chi connectivity index (χ0v) is 15.9. The summed E-state index contributed by atoms with van der Waals surface area (Å²) in [5.41, 5.74) is 4.10. The molecular formula is C24H19N3O2. The highest BCUT2D eigenvalue weighted by atomic mass is 16.3. The van der Waals surface area contributed by atoms with Crippen LogP contribution >= 0.6 is 0 Å². The first-order chi connectivity index (χ1) is 14.1. The van der Waals surface area contributed by atoms with Crippen molar-refractivity contribution in [2.75, 3.05) is 0 Å². The van der Waals surface area contributed by atoms with Crippen molar-refractivity contribution < 1.29 is 5.11 Å². The topological polar surface area (TPSA) is 52.1 Å². The van der Waals surface area contributed by atoms with E-state index in [0.29, 0.717) is 5.39 Å². The van der Waals surface area contributed by atoms with Gasteiger partial charge in [-0.25, -0.2) is 4.68 Å². The number of aryl methyl sites for hydroxylation is 1. The molecule has 0 aliphatic carbocycles. The number of aromatic hydroxyl groups is 1. The van der Waals surface area contributed by atoms with Crippen LogP contribution in [0.5, 0.6) is 5.75 Å². The van der Waals surface area contributed by atoms with Gasteiger partial charge in [0.25, 0.3) is 5.56 Å². The first kappa shape index (κ1) is 17.1. The van der Waals surface area contributed by atoms with E-state index in [1.165, 1.54) is 0 Å². The van der Waals surface area contributed by atoms with Gasteiger partial charge >= 0.3 is 0 Å². The van der Waals surface area contributed by atoms with Crippen molar-refractivity contribution in [1.82, 2.24) is 13.9 Å². The molecule has 5 rings (SSSR count). The molecule has 2 aromatic heterocycles. The van der Waals surface area contributed by atoms with Crippen LogP contribution in [-0.4, -0.2) is 19.0 Å². The monoisotopic (exact) mass is 381 g/mol. The Kier molecular flexibility index (Phi) is 3.88. The highest BCUT2D eigenvalue weighted by Crippen LogP contribution is 2.32. The van der Waals surface area contributed by atoms with Gasteiger partial charge in [-0.05, 0) is 29.8 Å². The van der Waals surface area contributed by atoms with Gasteiger partial charge in [-0.2, -0.15) is 0 Å². The molecule has 0 saturated heterocycles. The van der Waals surface area contributed by atoms with Crippen molar-refractivity contribution in [1.29, 1.82) is 0 Å². The molecule has 0 radical (unpaired) electrons. The van der Waals surface area contributed by atoms with E-state index < -0.39 is 0 Å². The molecule has 0 saturated carbocycles. The van der Waals surface area contributed by atoms with Gasteiger partial charge in [0, 0.05) is 25.0 Å². The number of hydrogen-bond donors (Lipinski definition) is 1. The summed E-state index contributed by atoms with van der Waals surface area (Å²) < 4.78 is 5.53. The number of nitrogens with zero attached hydrogens (tertiary/aromatic N) is 3. The molecule has 0 aliphatic rings. The number of hydrogen-bond acceptors (Lipinski definition) is 2. The third kappa shape index (κ3) is 2.67. The molecule has 0 atom stereocenters. The van der Waals surface area contributed by atoms with Gasteiger partial charge in [-0.1, -0.05) is 54.6 Å². The number of benzene rings is 3. The maximum Gasteiger partial charge on any atom is 0.281 e. The Labute approximate surface area is 167 Å².